The monoisotopic (exact) mass is 320 g/mol. The van der Waals surface area contributed by atoms with E-state index in [2.05, 4.69) is 27.8 Å². The Kier molecular flexibility index (Phi) is 4.53. The van der Waals surface area contributed by atoms with E-state index in [9.17, 15) is 4.79 Å². The number of aryl methyl sites for hydroxylation is 1. The largest absolute Gasteiger partial charge is 0.324 e. The van der Waals surface area contributed by atoms with Crippen molar-refractivity contribution in [2.24, 2.45) is 0 Å². The molecule has 0 spiro atoms. The van der Waals surface area contributed by atoms with Gasteiger partial charge in [0, 0.05) is 28.9 Å². The van der Waals surface area contributed by atoms with Gasteiger partial charge in [0.05, 0.1) is 6.04 Å². The zero-order chi connectivity index (χ0) is 13.8. The summed E-state index contributed by atoms with van der Waals surface area (Å²) >= 11 is 3.38. The Bertz CT molecular complexity index is 560. The highest BCUT2D eigenvalue weighted by molar-refractivity contribution is 9.10. The van der Waals surface area contributed by atoms with Crippen molar-refractivity contribution >= 4 is 21.7 Å². The van der Waals surface area contributed by atoms with Crippen molar-refractivity contribution in [3.63, 3.8) is 0 Å². The molecule has 0 bridgehead atoms. The summed E-state index contributed by atoms with van der Waals surface area (Å²) < 4.78 is 2.94. The second kappa shape index (κ2) is 6.15. The van der Waals surface area contributed by atoms with E-state index in [1.54, 1.807) is 6.20 Å². The van der Waals surface area contributed by atoms with Gasteiger partial charge in [-0.2, -0.15) is 0 Å². The predicted molar refractivity (Wildman–Crippen MR) is 79.4 cm³/mol. The van der Waals surface area contributed by atoms with Crippen molar-refractivity contribution in [3.05, 3.63) is 52.5 Å². The predicted octanol–water partition coefficient (Wildman–Crippen LogP) is 4.04. The first-order valence-electron chi connectivity index (χ1n) is 6.45. The van der Waals surface area contributed by atoms with E-state index in [0.717, 1.165) is 28.7 Å². The van der Waals surface area contributed by atoms with Crippen LogP contribution < -0.4 is 0 Å². The Morgan fingerprint density at radius 3 is 2.68 bits per heavy atom. The molecule has 2 rings (SSSR count). The highest BCUT2D eigenvalue weighted by Gasteiger charge is 2.18. The maximum atomic E-state index is 12.4. The van der Waals surface area contributed by atoms with Crippen molar-refractivity contribution in [3.8, 4) is 0 Å². The molecule has 0 radical (unpaired) electrons. The fourth-order valence-electron chi connectivity index (χ4n) is 2.10. The van der Waals surface area contributed by atoms with Gasteiger partial charge in [0.15, 0.2) is 5.78 Å². The maximum Gasteiger partial charge on any atom is 0.185 e. The first-order valence-corrected chi connectivity index (χ1v) is 7.24. The van der Waals surface area contributed by atoms with Gasteiger partial charge in [0.1, 0.15) is 5.82 Å². The Hall–Kier alpha value is -1.42. The molecule has 1 aromatic heterocycles. The first-order chi connectivity index (χ1) is 9.13. The minimum Gasteiger partial charge on any atom is -0.324 e. The van der Waals surface area contributed by atoms with Gasteiger partial charge in [-0.25, -0.2) is 4.98 Å². The minimum absolute atomic E-state index is 0.114. The average Bonchev–Trinajstić information content (AvgIpc) is 2.87. The Balaban J connectivity index is 2.23. The van der Waals surface area contributed by atoms with E-state index in [4.69, 9.17) is 0 Å². The van der Waals surface area contributed by atoms with Crippen LogP contribution in [0.25, 0.3) is 0 Å². The minimum atomic E-state index is -0.217. The summed E-state index contributed by atoms with van der Waals surface area (Å²) in [5.74, 6) is 1.09. The lowest BCUT2D eigenvalue weighted by molar-refractivity contribution is 0.0933. The SMILES string of the molecule is CCCc1nccn1C(C)C(=O)c1ccc(Br)cc1. The summed E-state index contributed by atoms with van der Waals surface area (Å²) in [6.45, 7) is 4.03. The van der Waals surface area contributed by atoms with Crippen LogP contribution in [0.4, 0.5) is 0 Å². The topological polar surface area (TPSA) is 34.9 Å². The number of carbonyl (C=O) groups excluding carboxylic acids is 1. The van der Waals surface area contributed by atoms with E-state index >= 15 is 0 Å². The lowest BCUT2D eigenvalue weighted by atomic mass is 10.1. The number of ketones is 1. The number of rotatable bonds is 5. The smallest absolute Gasteiger partial charge is 0.185 e. The molecular weight excluding hydrogens is 304 g/mol. The maximum absolute atomic E-state index is 12.4. The van der Waals surface area contributed by atoms with E-state index in [1.807, 2.05) is 42.0 Å². The molecule has 2 aromatic rings. The van der Waals surface area contributed by atoms with E-state index < -0.39 is 0 Å². The second-order valence-electron chi connectivity index (χ2n) is 4.55. The van der Waals surface area contributed by atoms with Gasteiger partial charge in [-0.05, 0) is 25.5 Å². The van der Waals surface area contributed by atoms with Crippen LogP contribution in [0.3, 0.4) is 0 Å². The molecule has 0 amide bonds. The number of carbonyl (C=O) groups is 1. The fraction of sp³-hybridized carbons (Fsp3) is 0.333. The van der Waals surface area contributed by atoms with Crippen molar-refractivity contribution in [1.29, 1.82) is 0 Å². The summed E-state index contributed by atoms with van der Waals surface area (Å²) in [7, 11) is 0. The molecule has 0 aliphatic heterocycles. The summed E-state index contributed by atoms with van der Waals surface area (Å²) in [6.07, 6.45) is 5.56. The average molecular weight is 321 g/mol. The molecule has 1 unspecified atom stereocenters. The molecular formula is C15H17BrN2O. The van der Waals surface area contributed by atoms with E-state index in [0.29, 0.717) is 0 Å². The lowest BCUT2D eigenvalue weighted by Crippen LogP contribution is -2.18. The van der Waals surface area contributed by atoms with Crippen LogP contribution in [0.1, 0.15) is 42.5 Å². The molecule has 0 N–H and O–H groups in total. The van der Waals surface area contributed by atoms with Crippen molar-refractivity contribution < 1.29 is 4.79 Å². The number of aromatic nitrogens is 2. The molecule has 0 aliphatic carbocycles. The van der Waals surface area contributed by atoms with Crippen molar-refractivity contribution in [2.75, 3.05) is 0 Å². The third-order valence-corrected chi connectivity index (χ3v) is 3.68. The lowest BCUT2D eigenvalue weighted by Gasteiger charge is -2.15. The zero-order valence-corrected chi connectivity index (χ0v) is 12.7. The van der Waals surface area contributed by atoms with Crippen LogP contribution in [0.5, 0.6) is 0 Å². The van der Waals surface area contributed by atoms with Crippen LogP contribution in [-0.2, 0) is 6.42 Å². The van der Waals surface area contributed by atoms with Crippen molar-refractivity contribution in [1.82, 2.24) is 9.55 Å². The molecule has 1 atom stereocenters. The summed E-state index contributed by atoms with van der Waals surface area (Å²) in [4.78, 5) is 16.8. The number of nitrogens with zero attached hydrogens (tertiary/aromatic N) is 2. The number of hydrogen-bond donors (Lipinski definition) is 0. The Labute approximate surface area is 121 Å². The van der Waals surface area contributed by atoms with Gasteiger partial charge in [-0.15, -0.1) is 0 Å². The number of imidazole rings is 1. The van der Waals surface area contributed by atoms with E-state index in [-0.39, 0.29) is 11.8 Å². The number of Topliss-reactive ketones (excluding diaryl/α,β-unsaturated/α-hetero) is 1. The van der Waals surface area contributed by atoms with Crippen LogP contribution in [0.15, 0.2) is 41.1 Å². The van der Waals surface area contributed by atoms with Gasteiger partial charge in [0.2, 0.25) is 0 Å². The number of halogens is 1. The van der Waals surface area contributed by atoms with Gasteiger partial charge in [-0.1, -0.05) is 35.0 Å². The third-order valence-electron chi connectivity index (χ3n) is 3.15. The molecule has 19 heavy (non-hydrogen) atoms. The molecule has 1 heterocycles. The quantitative estimate of drug-likeness (QED) is 0.779. The molecule has 3 nitrogen and oxygen atoms in total. The van der Waals surface area contributed by atoms with Gasteiger partial charge < -0.3 is 4.57 Å². The van der Waals surface area contributed by atoms with Gasteiger partial charge >= 0.3 is 0 Å². The van der Waals surface area contributed by atoms with Crippen LogP contribution in [-0.4, -0.2) is 15.3 Å². The standard InChI is InChI=1S/C15H17BrN2O/c1-3-4-14-17-9-10-18(14)11(2)15(19)12-5-7-13(16)8-6-12/h5-11H,3-4H2,1-2H3. The molecule has 1 aromatic carbocycles. The highest BCUT2D eigenvalue weighted by atomic mass is 79.9. The third kappa shape index (κ3) is 3.13. The molecule has 0 aliphatic rings. The molecule has 0 fully saturated rings. The number of benzene rings is 1. The first kappa shape index (κ1) is 14.0. The molecule has 0 saturated heterocycles. The highest BCUT2D eigenvalue weighted by Crippen LogP contribution is 2.18. The molecule has 100 valence electrons. The molecule has 0 saturated carbocycles. The Morgan fingerprint density at radius 2 is 2.05 bits per heavy atom. The van der Waals surface area contributed by atoms with Crippen LogP contribution in [0.2, 0.25) is 0 Å². The van der Waals surface area contributed by atoms with Crippen LogP contribution in [0, 0.1) is 0 Å². The fourth-order valence-corrected chi connectivity index (χ4v) is 2.36. The zero-order valence-electron chi connectivity index (χ0n) is 11.1. The summed E-state index contributed by atoms with van der Waals surface area (Å²) in [5.41, 5.74) is 0.729. The van der Waals surface area contributed by atoms with Crippen LogP contribution >= 0.6 is 15.9 Å². The summed E-state index contributed by atoms with van der Waals surface area (Å²) in [6, 6.07) is 7.26. The van der Waals surface area contributed by atoms with Crippen molar-refractivity contribution in [2.45, 2.75) is 32.7 Å². The normalized spacial score (nSPS) is 12.4. The number of hydrogen-bond acceptors (Lipinski definition) is 2. The van der Waals surface area contributed by atoms with E-state index in [1.165, 1.54) is 0 Å². The second-order valence-corrected chi connectivity index (χ2v) is 5.46. The Morgan fingerprint density at radius 1 is 1.37 bits per heavy atom. The van der Waals surface area contributed by atoms with Gasteiger partial charge in [0.25, 0.3) is 0 Å². The van der Waals surface area contributed by atoms with Gasteiger partial charge in [-0.3, -0.25) is 4.79 Å². The molecule has 4 heteroatoms. The summed E-state index contributed by atoms with van der Waals surface area (Å²) in [5, 5.41) is 0.